The fourth-order valence-electron chi connectivity index (χ4n) is 4.38. The minimum absolute atomic E-state index is 0.0602. The Labute approximate surface area is 181 Å². The first-order valence-corrected chi connectivity index (χ1v) is 10.4. The number of rotatable bonds is 6. The molecule has 1 aliphatic heterocycles. The summed E-state index contributed by atoms with van der Waals surface area (Å²) >= 11 is 0. The largest absolute Gasteiger partial charge is 0.349 e. The SMILES string of the molecule is O=C1NC(=O)[C@](CNC(=O)c2ccc(F)cc2-c2ccc(C3CC3(F)F)cc2)(C2CC2)N1. The van der Waals surface area contributed by atoms with Gasteiger partial charge in [0, 0.05) is 12.0 Å². The zero-order chi connectivity index (χ0) is 22.7. The normalized spacial score (nSPS) is 25.8. The summed E-state index contributed by atoms with van der Waals surface area (Å²) in [5.74, 6) is -5.12. The van der Waals surface area contributed by atoms with E-state index >= 15 is 0 Å². The van der Waals surface area contributed by atoms with Crippen molar-refractivity contribution >= 4 is 17.8 Å². The van der Waals surface area contributed by atoms with Gasteiger partial charge in [-0.15, -0.1) is 0 Å². The van der Waals surface area contributed by atoms with Crippen molar-refractivity contribution in [2.75, 3.05) is 6.54 Å². The van der Waals surface area contributed by atoms with Crippen LogP contribution < -0.4 is 16.0 Å². The van der Waals surface area contributed by atoms with Crippen molar-refractivity contribution in [3.05, 3.63) is 59.4 Å². The highest BCUT2D eigenvalue weighted by atomic mass is 19.3. The third-order valence-electron chi connectivity index (χ3n) is 6.45. The fourth-order valence-corrected chi connectivity index (χ4v) is 4.38. The van der Waals surface area contributed by atoms with E-state index in [-0.39, 0.29) is 24.4 Å². The van der Waals surface area contributed by atoms with Crippen LogP contribution in [0.5, 0.6) is 0 Å². The third kappa shape index (κ3) is 3.51. The first-order chi connectivity index (χ1) is 15.2. The summed E-state index contributed by atoms with van der Waals surface area (Å²) in [5, 5.41) is 7.55. The van der Waals surface area contributed by atoms with Gasteiger partial charge < -0.3 is 10.6 Å². The second-order valence-electron chi connectivity index (χ2n) is 8.67. The van der Waals surface area contributed by atoms with Crippen LogP contribution in [0.25, 0.3) is 11.1 Å². The van der Waals surface area contributed by atoms with Gasteiger partial charge in [0.25, 0.3) is 17.7 Å². The van der Waals surface area contributed by atoms with Crippen molar-refractivity contribution in [1.29, 1.82) is 0 Å². The van der Waals surface area contributed by atoms with Gasteiger partial charge in [-0.1, -0.05) is 24.3 Å². The molecule has 9 heteroatoms. The first kappa shape index (κ1) is 20.5. The minimum Gasteiger partial charge on any atom is -0.349 e. The summed E-state index contributed by atoms with van der Waals surface area (Å²) in [6, 6.07) is 9.40. The van der Waals surface area contributed by atoms with Crippen LogP contribution in [-0.4, -0.2) is 35.9 Å². The summed E-state index contributed by atoms with van der Waals surface area (Å²) in [6.45, 7) is -0.0966. The number of benzene rings is 2. The fraction of sp³-hybridized carbons (Fsp3) is 0.348. The van der Waals surface area contributed by atoms with Gasteiger partial charge in [0.15, 0.2) is 0 Å². The zero-order valence-electron chi connectivity index (χ0n) is 16.9. The maximum atomic E-state index is 14.0. The summed E-state index contributed by atoms with van der Waals surface area (Å²) in [6.07, 6.45) is 1.34. The molecule has 3 fully saturated rings. The van der Waals surface area contributed by atoms with E-state index in [1.165, 1.54) is 12.1 Å². The molecular weight excluding hydrogens is 423 g/mol. The Balaban J connectivity index is 1.38. The Kier molecular flexibility index (Phi) is 4.54. The summed E-state index contributed by atoms with van der Waals surface area (Å²) in [4.78, 5) is 37.0. The lowest BCUT2D eigenvalue weighted by Gasteiger charge is -2.26. The van der Waals surface area contributed by atoms with Crippen LogP contribution in [-0.2, 0) is 4.79 Å². The number of nitrogens with one attached hydrogen (secondary N) is 3. The van der Waals surface area contributed by atoms with Crippen LogP contribution in [0.2, 0.25) is 0 Å². The maximum absolute atomic E-state index is 14.0. The molecule has 6 nitrogen and oxygen atoms in total. The molecule has 2 aliphatic carbocycles. The summed E-state index contributed by atoms with van der Waals surface area (Å²) in [5.41, 5.74) is 0.287. The van der Waals surface area contributed by atoms with E-state index in [4.69, 9.17) is 0 Å². The molecule has 166 valence electrons. The maximum Gasteiger partial charge on any atom is 0.322 e. The van der Waals surface area contributed by atoms with E-state index < -0.39 is 41.0 Å². The Morgan fingerprint density at radius 1 is 1.09 bits per heavy atom. The van der Waals surface area contributed by atoms with E-state index in [1.54, 1.807) is 24.3 Å². The van der Waals surface area contributed by atoms with Gasteiger partial charge in [0.05, 0.1) is 12.5 Å². The van der Waals surface area contributed by atoms with E-state index in [2.05, 4.69) is 16.0 Å². The second kappa shape index (κ2) is 7.08. The van der Waals surface area contributed by atoms with Crippen LogP contribution in [0.4, 0.5) is 18.0 Å². The van der Waals surface area contributed by atoms with Crippen LogP contribution >= 0.6 is 0 Å². The zero-order valence-corrected chi connectivity index (χ0v) is 16.9. The van der Waals surface area contributed by atoms with E-state index in [0.29, 0.717) is 16.7 Å². The van der Waals surface area contributed by atoms with Gasteiger partial charge >= 0.3 is 6.03 Å². The van der Waals surface area contributed by atoms with Gasteiger partial charge in [0.1, 0.15) is 11.4 Å². The standard InChI is InChI=1S/C23H20F3N3O3/c24-15-7-8-16(17(9-15)12-1-3-13(4-2-12)18-10-23(18,25)26)19(30)27-11-22(14-5-6-14)20(31)28-21(32)29-22/h1-4,7-9,14,18H,5-6,10-11H2,(H,27,30)(H2,28,29,31,32)/t18?,22-/m0/s1. The lowest BCUT2D eigenvalue weighted by atomic mass is 9.92. The highest BCUT2D eigenvalue weighted by Gasteiger charge is 2.57. The smallest absolute Gasteiger partial charge is 0.322 e. The molecule has 2 aromatic carbocycles. The minimum atomic E-state index is -2.69. The molecule has 3 N–H and O–H groups in total. The molecule has 1 unspecified atom stereocenters. The van der Waals surface area contributed by atoms with Crippen molar-refractivity contribution in [3.8, 4) is 11.1 Å². The monoisotopic (exact) mass is 443 g/mol. The summed E-state index contributed by atoms with van der Waals surface area (Å²) in [7, 11) is 0. The summed E-state index contributed by atoms with van der Waals surface area (Å²) < 4.78 is 40.6. The average Bonchev–Trinajstić information content (AvgIpc) is 3.67. The van der Waals surface area contributed by atoms with Crippen molar-refractivity contribution in [2.45, 2.75) is 36.6 Å². The van der Waals surface area contributed by atoms with E-state index in [1.807, 2.05) is 0 Å². The molecule has 2 saturated carbocycles. The number of carbonyl (C=O) groups excluding carboxylic acids is 3. The van der Waals surface area contributed by atoms with Gasteiger partial charge in [-0.05, 0) is 53.6 Å². The predicted molar refractivity (Wildman–Crippen MR) is 109 cm³/mol. The molecule has 1 saturated heterocycles. The molecule has 1 heterocycles. The van der Waals surface area contributed by atoms with Gasteiger partial charge in [0.2, 0.25) is 0 Å². The number of amides is 4. The predicted octanol–water partition coefficient (Wildman–Crippen LogP) is 3.33. The number of hydrogen-bond donors (Lipinski definition) is 3. The third-order valence-corrected chi connectivity index (χ3v) is 6.45. The van der Waals surface area contributed by atoms with Gasteiger partial charge in [-0.25, -0.2) is 18.0 Å². The lowest BCUT2D eigenvalue weighted by Crippen LogP contribution is -2.57. The van der Waals surface area contributed by atoms with Crippen molar-refractivity contribution in [1.82, 2.24) is 16.0 Å². The van der Waals surface area contributed by atoms with Crippen LogP contribution in [0, 0.1) is 11.7 Å². The second-order valence-corrected chi connectivity index (χ2v) is 8.67. The van der Waals surface area contributed by atoms with Gasteiger partial charge in [-0.3, -0.25) is 14.9 Å². The average molecular weight is 443 g/mol. The van der Waals surface area contributed by atoms with Crippen LogP contribution in [0.15, 0.2) is 42.5 Å². The molecule has 0 aromatic heterocycles. The first-order valence-electron chi connectivity index (χ1n) is 10.4. The molecule has 3 aliphatic rings. The molecule has 32 heavy (non-hydrogen) atoms. The topological polar surface area (TPSA) is 87.3 Å². The molecule has 5 rings (SSSR count). The van der Waals surface area contributed by atoms with E-state index in [0.717, 1.165) is 18.9 Å². The number of halogens is 3. The van der Waals surface area contributed by atoms with Crippen molar-refractivity contribution in [3.63, 3.8) is 0 Å². The number of carbonyl (C=O) groups is 3. The molecule has 4 amide bonds. The molecule has 2 atom stereocenters. The Bertz CT molecular complexity index is 1130. The van der Waals surface area contributed by atoms with Crippen LogP contribution in [0.1, 0.15) is 41.1 Å². The van der Waals surface area contributed by atoms with Gasteiger partial charge in [-0.2, -0.15) is 0 Å². The molecule has 2 aromatic rings. The van der Waals surface area contributed by atoms with Crippen molar-refractivity contribution < 1.29 is 27.6 Å². The highest BCUT2D eigenvalue weighted by Crippen LogP contribution is 2.55. The molecular formula is C23H20F3N3O3. The molecule has 0 radical (unpaired) electrons. The van der Waals surface area contributed by atoms with E-state index in [9.17, 15) is 27.6 Å². The van der Waals surface area contributed by atoms with Crippen molar-refractivity contribution in [2.24, 2.45) is 5.92 Å². The Morgan fingerprint density at radius 2 is 1.78 bits per heavy atom. The van der Waals surface area contributed by atoms with Crippen LogP contribution in [0.3, 0.4) is 0 Å². The Hall–Kier alpha value is -3.36. The number of imide groups is 1. The Morgan fingerprint density at radius 3 is 2.34 bits per heavy atom. The quantitative estimate of drug-likeness (QED) is 0.599. The molecule has 0 spiro atoms. The lowest BCUT2D eigenvalue weighted by molar-refractivity contribution is -0.124. The molecule has 0 bridgehead atoms. The number of alkyl halides is 2. The highest BCUT2D eigenvalue weighted by molar-refractivity contribution is 6.08. The number of hydrogen-bond acceptors (Lipinski definition) is 3. The number of urea groups is 1.